The summed E-state index contributed by atoms with van der Waals surface area (Å²) in [6.07, 6.45) is -2.90. The summed E-state index contributed by atoms with van der Waals surface area (Å²) in [5.41, 5.74) is -1.31. The average molecular weight is 296 g/mol. The van der Waals surface area contributed by atoms with Crippen molar-refractivity contribution in [2.45, 2.75) is 18.7 Å². The molecular formula is C7H15F3N2O3S2. The molecule has 1 unspecified atom stereocenters. The van der Waals surface area contributed by atoms with Gasteiger partial charge < -0.3 is 5.11 Å². The first-order chi connectivity index (χ1) is 7.47. The van der Waals surface area contributed by atoms with Gasteiger partial charge in [0.25, 0.3) is 10.2 Å². The first kappa shape index (κ1) is 17.0. The number of rotatable bonds is 7. The van der Waals surface area contributed by atoms with Crippen LogP contribution < -0.4 is 9.44 Å². The van der Waals surface area contributed by atoms with E-state index in [0.717, 1.165) is 0 Å². The van der Waals surface area contributed by atoms with Gasteiger partial charge in [0.1, 0.15) is 6.54 Å². The van der Waals surface area contributed by atoms with Gasteiger partial charge in [-0.05, 0) is 13.2 Å². The summed E-state index contributed by atoms with van der Waals surface area (Å²) in [6, 6.07) is 0. The fraction of sp³-hybridized carbons (Fsp3) is 1.00. The Kier molecular flexibility index (Phi) is 6.22. The van der Waals surface area contributed by atoms with Crippen LogP contribution in [0.25, 0.3) is 0 Å². The largest absolute Gasteiger partial charge is 0.402 e. The van der Waals surface area contributed by atoms with Crippen molar-refractivity contribution in [1.29, 1.82) is 0 Å². The van der Waals surface area contributed by atoms with E-state index in [1.165, 1.54) is 23.4 Å². The Labute approximate surface area is 102 Å². The minimum absolute atomic E-state index is 0.259. The average Bonchev–Trinajstić information content (AvgIpc) is 2.12. The van der Waals surface area contributed by atoms with Crippen molar-refractivity contribution < 1.29 is 26.7 Å². The predicted molar refractivity (Wildman–Crippen MR) is 60.0 cm³/mol. The number of thioether (sulfide) groups is 1. The molecular weight excluding hydrogens is 281 g/mol. The molecule has 10 heteroatoms. The molecule has 0 aromatic heterocycles. The second-order valence-corrected chi connectivity index (χ2v) is 6.14. The predicted octanol–water partition coefficient (Wildman–Crippen LogP) is 0.0867. The van der Waals surface area contributed by atoms with Crippen LogP contribution in [-0.4, -0.2) is 50.4 Å². The molecule has 17 heavy (non-hydrogen) atoms. The van der Waals surface area contributed by atoms with Crippen LogP contribution >= 0.6 is 11.8 Å². The second kappa shape index (κ2) is 6.23. The quantitative estimate of drug-likeness (QED) is 0.622. The van der Waals surface area contributed by atoms with E-state index in [-0.39, 0.29) is 12.3 Å². The molecule has 0 aliphatic heterocycles. The van der Waals surface area contributed by atoms with Crippen LogP contribution in [0, 0.1) is 0 Å². The maximum Gasteiger partial charge on any atom is 0.402 e. The van der Waals surface area contributed by atoms with E-state index in [0.29, 0.717) is 0 Å². The first-order valence-corrected chi connectivity index (χ1v) is 7.37. The van der Waals surface area contributed by atoms with Gasteiger partial charge >= 0.3 is 6.18 Å². The lowest BCUT2D eigenvalue weighted by Gasteiger charge is -2.22. The summed E-state index contributed by atoms with van der Waals surface area (Å²) in [4.78, 5) is 0. The summed E-state index contributed by atoms with van der Waals surface area (Å²) in [7, 11) is -4.26. The van der Waals surface area contributed by atoms with Crippen molar-refractivity contribution in [1.82, 2.24) is 9.44 Å². The molecule has 0 aliphatic carbocycles. The van der Waals surface area contributed by atoms with Crippen molar-refractivity contribution in [3.63, 3.8) is 0 Å². The van der Waals surface area contributed by atoms with Gasteiger partial charge in [0.15, 0.2) is 0 Å². The van der Waals surface area contributed by atoms with Crippen molar-refractivity contribution in [3.8, 4) is 0 Å². The van der Waals surface area contributed by atoms with E-state index in [4.69, 9.17) is 0 Å². The molecule has 104 valence electrons. The Morgan fingerprint density at radius 2 is 1.71 bits per heavy atom. The molecule has 0 saturated carbocycles. The highest BCUT2D eigenvalue weighted by molar-refractivity contribution is 7.98. The van der Waals surface area contributed by atoms with Crippen LogP contribution in [0.1, 0.15) is 6.92 Å². The molecule has 0 aliphatic rings. The zero-order valence-corrected chi connectivity index (χ0v) is 11.0. The van der Waals surface area contributed by atoms with E-state index < -0.39 is 28.5 Å². The lowest BCUT2D eigenvalue weighted by molar-refractivity contribution is -0.121. The lowest BCUT2D eigenvalue weighted by Crippen LogP contribution is -2.48. The Morgan fingerprint density at radius 3 is 2.12 bits per heavy atom. The lowest BCUT2D eigenvalue weighted by atomic mass is 10.1. The van der Waals surface area contributed by atoms with Crippen LogP contribution in [0.5, 0.6) is 0 Å². The number of aliphatic hydroxyl groups is 1. The topological polar surface area (TPSA) is 78.4 Å². The maximum atomic E-state index is 11.8. The molecule has 0 fully saturated rings. The van der Waals surface area contributed by atoms with Gasteiger partial charge in [0.2, 0.25) is 0 Å². The number of hydrogen-bond donors (Lipinski definition) is 3. The molecule has 0 amide bonds. The Hall–Kier alpha value is -0.0300. The zero-order valence-electron chi connectivity index (χ0n) is 9.34. The van der Waals surface area contributed by atoms with E-state index >= 15 is 0 Å². The molecule has 0 spiro atoms. The Bertz CT molecular complexity index is 330. The molecule has 0 rings (SSSR count). The molecule has 0 bridgehead atoms. The fourth-order valence-electron chi connectivity index (χ4n) is 0.840. The molecule has 3 N–H and O–H groups in total. The monoisotopic (exact) mass is 296 g/mol. The number of hydrogen-bond acceptors (Lipinski definition) is 4. The van der Waals surface area contributed by atoms with E-state index in [1.54, 1.807) is 6.26 Å². The van der Waals surface area contributed by atoms with Crippen LogP contribution in [0.2, 0.25) is 0 Å². The molecule has 0 aromatic carbocycles. The van der Waals surface area contributed by atoms with Crippen molar-refractivity contribution in [3.05, 3.63) is 0 Å². The number of halogens is 3. The molecule has 0 radical (unpaired) electrons. The zero-order chi connectivity index (χ0) is 13.7. The van der Waals surface area contributed by atoms with Crippen molar-refractivity contribution >= 4 is 22.0 Å². The third-order valence-corrected chi connectivity index (χ3v) is 3.52. The minimum Gasteiger partial charge on any atom is -0.388 e. The molecule has 1 atom stereocenters. The van der Waals surface area contributed by atoms with Gasteiger partial charge in [-0.25, -0.2) is 0 Å². The van der Waals surface area contributed by atoms with Gasteiger partial charge in [0, 0.05) is 12.3 Å². The minimum atomic E-state index is -4.61. The molecule has 0 heterocycles. The van der Waals surface area contributed by atoms with Gasteiger partial charge in [0.05, 0.1) is 5.60 Å². The van der Waals surface area contributed by atoms with E-state index in [9.17, 15) is 26.7 Å². The van der Waals surface area contributed by atoms with Crippen LogP contribution in [0.4, 0.5) is 13.2 Å². The molecule has 5 nitrogen and oxygen atoms in total. The molecule has 0 saturated heterocycles. The Morgan fingerprint density at radius 1 is 1.24 bits per heavy atom. The third-order valence-electron chi connectivity index (χ3n) is 1.56. The molecule has 0 aromatic rings. The SMILES string of the molecule is CSCC(C)(O)CNS(=O)(=O)NCC(F)(F)F. The van der Waals surface area contributed by atoms with Crippen molar-refractivity contribution in [2.24, 2.45) is 0 Å². The second-order valence-electron chi connectivity index (χ2n) is 3.69. The maximum absolute atomic E-state index is 11.8. The summed E-state index contributed by atoms with van der Waals surface area (Å²) >= 11 is 1.29. The van der Waals surface area contributed by atoms with Crippen molar-refractivity contribution in [2.75, 3.05) is 25.1 Å². The van der Waals surface area contributed by atoms with Gasteiger partial charge in [-0.15, -0.1) is 0 Å². The highest BCUT2D eigenvalue weighted by Gasteiger charge is 2.30. The van der Waals surface area contributed by atoms with Gasteiger partial charge in [-0.1, -0.05) is 0 Å². The van der Waals surface area contributed by atoms with E-state index in [2.05, 4.69) is 0 Å². The highest BCUT2D eigenvalue weighted by Crippen LogP contribution is 2.13. The van der Waals surface area contributed by atoms with Crippen LogP contribution in [-0.2, 0) is 10.2 Å². The standard InChI is InChI=1S/C7H15F3N2O3S2/c1-6(13,5-16-2)3-11-17(14,15)12-4-7(8,9)10/h11-13H,3-5H2,1-2H3. The van der Waals surface area contributed by atoms with Crippen LogP contribution in [0.15, 0.2) is 0 Å². The number of nitrogens with one attached hydrogen (secondary N) is 2. The smallest absolute Gasteiger partial charge is 0.388 e. The summed E-state index contributed by atoms with van der Waals surface area (Å²) < 4.78 is 60.7. The third kappa shape index (κ3) is 9.65. The van der Waals surface area contributed by atoms with Gasteiger partial charge in [-0.2, -0.15) is 42.8 Å². The summed E-state index contributed by atoms with van der Waals surface area (Å²) in [6.45, 7) is -0.621. The normalized spacial score (nSPS) is 16.8. The number of alkyl halides is 3. The fourth-order valence-corrected chi connectivity index (χ4v) is 2.52. The summed E-state index contributed by atoms with van der Waals surface area (Å²) in [5, 5.41) is 9.61. The first-order valence-electron chi connectivity index (χ1n) is 4.50. The Balaban J connectivity index is 4.19. The van der Waals surface area contributed by atoms with Crippen LogP contribution in [0.3, 0.4) is 0 Å². The van der Waals surface area contributed by atoms with E-state index in [1.807, 2.05) is 4.72 Å². The summed E-state index contributed by atoms with van der Waals surface area (Å²) in [5.74, 6) is 0.259. The van der Waals surface area contributed by atoms with Gasteiger partial charge in [-0.3, -0.25) is 0 Å². The highest BCUT2D eigenvalue weighted by atomic mass is 32.2.